The van der Waals surface area contributed by atoms with Crippen LogP contribution < -0.4 is 34.7 Å². The second-order valence-electron chi connectivity index (χ2n) is 7.42. The number of hydrogen-bond acceptors (Lipinski definition) is 8. The van der Waals surface area contributed by atoms with Gasteiger partial charge in [0.15, 0.2) is 11.6 Å². The van der Waals surface area contributed by atoms with Crippen LogP contribution in [0.2, 0.25) is 0 Å². The second kappa shape index (κ2) is 14.7. The van der Waals surface area contributed by atoms with Crippen LogP contribution in [0.5, 0.6) is 0 Å². The zero-order valence-electron chi connectivity index (χ0n) is 19.4. The third kappa shape index (κ3) is 12.2. The van der Waals surface area contributed by atoms with Crippen molar-refractivity contribution in [3.8, 4) is 0 Å². The predicted molar refractivity (Wildman–Crippen MR) is 100 cm³/mol. The van der Waals surface area contributed by atoms with Crippen molar-refractivity contribution in [2.45, 2.75) is 46.2 Å². The van der Waals surface area contributed by atoms with Gasteiger partial charge in [0, 0.05) is 14.1 Å². The zero-order chi connectivity index (χ0) is 22.0. The van der Waals surface area contributed by atoms with Crippen LogP contribution in [-0.4, -0.2) is 82.6 Å². The third-order valence-electron chi connectivity index (χ3n) is 3.94. The molecule has 0 unspecified atom stereocenters. The average molecular weight is 429 g/mol. The minimum absolute atomic E-state index is 0. The van der Waals surface area contributed by atoms with Gasteiger partial charge in [0.05, 0.1) is 39.0 Å². The molecule has 1 amide bonds. The fourth-order valence-electron chi connectivity index (χ4n) is 2.29. The monoisotopic (exact) mass is 429 g/mol. The van der Waals surface area contributed by atoms with Gasteiger partial charge in [0.25, 0.3) is 0 Å². The number of amides is 1. The van der Waals surface area contributed by atoms with E-state index in [0.29, 0.717) is 33.0 Å². The van der Waals surface area contributed by atoms with Gasteiger partial charge in [0.2, 0.25) is 5.91 Å². The smallest absolute Gasteiger partial charge is 0.857 e. The Balaban J connectivity index is 0. The maximum atomic E-state index is 11.5. The van der Waals surface area contributed by atoms with Crippen molar-refractivity contribution in [2.75, 3.05) is 54.2 Å². The Labute approximate surface area is 196 Å². The SMILES string of the molecule is CCOC(=O)C1COC(C)(C)OC1.CN(C)C(=O)C1COC(C)(C)OC1.C[O-].[Na+]. The summed E-state index contributed by atoms with van der Waals surface area (Å²) in [6.07, 6.45) is 0. The summed E-state index contributed by atoms with van der Waals surface area (Å²) >= 11 is 0. The number of ether oxygens (including phenoxy) is 5. The number of nitrogens with zero attached hydrogens (tertiary/aromatic N) is 1. The summed E-state index contributed by atoms with van der Waals surface area (Å²) in [6, 6.07) is 0. The van der Waals surface area contributed by atoms with E-state index in [0.717, 1.165) is 7.11 Å². The Morgan fingerprint density at radius 1 is 0.897 bits per heavy atom. The van der Waals surface area contributed by atoms with Gasteiger partial charge in [-0.15, -0.1) is 0 Å². The molecule has 0 radical (unpaired) electrons. The molecule has 0 aromatic carbocycles. The second-order valence-corrected chi connectivity index (χ2v) is 7.42. The first kappa shape index (κ1) is 30.9. The van der Waals surface area contributed by atoms with E-state index in [1.165, 1.54) is 0 Å². The molecule has 0 aromatic heterocycles. The van der Waals surface area contributed by atoms with E-state index in [4.69, 9.17) is 28.8 Å². The van der Waals surface area contributed by atoms with E-state index in [1.54, 1.807) is 25.9 Å². The summed E-state index contributed by atoms with van der Waals surface area (Å²) in [5, 5.41) is 8.25. The molecule has 0 bridgehead atoms. The van der Waals surface area contributed by atoms with Crippen LogP contribution in [0.25, 0.3) is 0 Å². The van der Waals surface area contributed by atoms with E-state index in [1.807, 2.05) is 27.7 Å². The predicted octanol–water partition coefficient (Wildman–Crippen LogP) is -2.60. The van der Waals surface area contributed by atoms with Gasteiger partial charge >= 0.3 is 35.5 Å². The number of rotatable bonds is 3. The molecule has 0 atom stereocenters. The third-order valence-corrected chi connectivity index (χ3v) is 3.94. The molecule has 2 fully saturated rings. The van der Waals surface area contributed by atoms with Gasteiger partial charge in [-0.1, -0.05) is 0 Å². The summed E-state index contributed by atoms with van der Waals surface area (Å²) in [6.45, 7) is 11.2. The molecule has 0 aromatic rings. The molecule has 0 aliphatic carbocycles. The largest absolute Gasteiger partial charge is 1.00 e. The van der Waals surface area contributed by atoms with E-state index >= 15 is 0 Å². The van der Waals surface area contributed by atoms with Crippen LogP contribution >= 0.6 is 0 Å². The van der Waals surface area contributed by atoms with E-state index < -0.39 is 11.6 Å². The van der Waals surface area contributed by atoms with E-state index in [9.17, 15) is 9.59 Å². The average Bonchev–Trinajstić information content (AvgIpc) is 2.63. The molecule has 2 rings (SSSR count). The maximum absolute atomic E-state index is 11.5. The number of carbonyl (C=O) groups excluding carboxylic acids is 2. The molecule has 0 N–H and O–H groups in total. The van der Waals surface area contributed by atoms with Crippen LogP contribution in [0.1, 0.15) is 34.6 Å². The van der Waals surface area contributed by atoms with Crippen molar-refractivity contribution < 1.29 is 67.9 Å². The van der Waals surface area contributed by atoms with Gasteiger partial charge in [-0.05, 0) is 34.6 Å². The Morgan fingerprint density at radius 2 is 1.24 bits per heavy atom. The Kier molecular flexibility index (Phi) is 15.7. The van der Waals surface area contributed by atoms with Crippen LogP contribution in [0.3, 0.4) is 0 Å². The zero-order valence-corrected chi connectivity index (χ0v) is 21.4. The summed E-state index contributed by atoms with van der Waals surface area (Å²) in [5.41, 5.74) is 0. The molecule has 2 saturated heterocycles. The molecule has 2 aliphatic rings. The van der Waals surface area contributed by atoms with E-state index in [-0.39, 0.29) is 53.3 Å². The van der Waals surface area contributed by atoms with Crippen LogP contribution in [0.4, 0.5) is 0 Å². The van der Waals surface area contributed by atoms with Gasteiger partial charge in [-0.25, -0.2) is 0 Å². The van der Waals surface area contributed by atoms with Crippen molar-refractivity contribution in [1.29, 1.82) is 0 Å². The number of carbonyl (C=O) groups is 2. The molecule has 0 spiro atoms. The fourth-order valence-corrected chi connectivity index (χ4v) is 2.29. The topological polar surface area (TPSA) is 107 Å². The van der Waals surface area contributed by atoms with Crippen molar-refractivity contribution in [3.05, 3.63) is 0 Å². The first-order chi connectivity index (χ1) is 13.0. The molecule has 9 nitrogen and oxygen atoms in total. The minimum Gasteiger partial charge on any atom is -0.857 e. The minimum atomic E-state index is -0.566. The van der Waals surface area contributed by atoms with Gasteiger partial charge in [0.1, 0.15) is 5.92 Å². The van der Waals surface area contributed by atoms with Gasteiger partial charge in [-0.2, -0.15) is 7.11 Å². The quantitative estimate of drug-likeness (QED) is 0.355. The molecular weight excluding hydrogens is 393 g/mol. The van der Waals surface area contributed by atoms with Crippen molar-refractivity contribution in [1.82, 2.24) is 4.90 Å². The summed E-state index contributed by atoms with van der Waals surface area (Å²) in [7, 11) is 4.23. The fraction of sp³-hybridized carbons (Fsp3) is 0.895. The molecular formula is C19H36NNaO8. The standard InChI is InChI=1S/C9H17NO3.C9H16O4.CH3O.Na/c1-9(2)12-5-7(6-13-9)8(11)10(3)4;1-4-11-8(10)7-5-12-9(2,3)13-6-7;1-2;/h7H,5-6H2,1-4H3;7H,4-6H2,1-3H3;1H3;/q;;-1;+1. The van der Waals surface area contributed by atoms with Crippen LogP contribution in [0, 0.1) is 11.8 Å². The Bertz CT molecular complexity index is 465. The maximum Gasteiger partial charge on any atom is 1.00 e. The molecule has 0 saturated carbocycles. The first-order valence-corrected chi connectivity index (χ1v) is 9.32. The van der Waals surface area contributed by atoms with E-state index in [2.05, 4.69) is 0 Å². The van der Waals surface area contributed by atoms with Crippen molar-refractivity contribution >= 4 is 11.9 Å². The normalized spacial score (nSPS) is 20.6. The molecule has 10 heteroatoms. The molecule has 2 aliphatic heterocycles. The summed E-state index contributed by atoms with van der Waals surface area (Å²) < 4.78 is 26.3. The summed E-state index contributed by atoms with van der Waals surface area (Å²) in [5.74, 6) is -1.70. The van der Waals surface area contributed by atoms with Crippen LogP contribution in [-0.2, 0) is 33.3 Å². The molecule has 29 heavy (non-hydrogen) atoms. The van der Waals surface area contributed by atoms with Gasteiger partial charge < -0.3 is 33.7 Å². The Morgan fingerprint density at radius 3 is 1.55 bits per heavy atom. The van der Waals surface area contributed by atoms with Crippen LogP contribution in [0.15, 0.2) is 0 Å². The summed E-state index contributed by atoms with van der Waals surface area (Å²) in [4.78, 5) is 24.3. The van der Waals surface area contributed by atoms with Crippen molar-refractivity contribution in [2.24, 2.45) is 11.8 Å². The Hall–Kier alpha value is -0.260. The molecule has 166 valence electrons. The number of hydrogen-bond donors (Lipinski definition) is 0. The first-order valence-electron chi connectivity index (χ1n) is 9.32. The van der Waals surface area contributed by atoms with Gasteiger partial charge in [-0.3, -0.25) is 9.59 Å². The molecule has 2 heterocycles. The van der Waals surface area contributed by atoms with Crippen molar-refractivity contribution in [3.63, 3.8) is 0 Å². The number of esters is 1.